The summed E-state index contributed by atoms with van der Waals surface area (Å²) in [5.41, 5.74) is 4.91. The van der Waals surface area contributed by atoms with Crippen LogP contribution in [0.15, 0.2) is 48.5 Å². The molecule has 0 radical (unpaired) electrons. The molecule has 1 atom stereocenters. The van der Waals surface area contributed by atoms with Crippen LogP contribution in [-0.4, -0.2) is 16.1 Å². The number of anilines is 1. The first-order valence-corrected chi connectivity index (χ1v) is 9.15. The molecule has 1 aliphatic carbocycles. The average Bonchev–Trinajstić information content (AvgIpc) is 3.41. The van der Waals surface area contributed by atoms with Crippen molar-refractivity contribution in [3.63, 3.8) is 0 Å². The van der Waals surface area contributed by atoms with Crippen molar-refractivity contribution in [2.45, 2.75) is 46.2 Å². The molecule has 2 aromatic carbocycles. The van der Waals surface area contributed by atoms with Gasteiger partial charge in [-0.3, -0.25) is 0 Å². The lowest BCUT2D eigenvalue weighted by atomic mass is 10.1. The minimum absolute atomic E-state index is 0.467. The summed E-state index contributed by atoms with van der Waals surface area (Å²) < 4.78 is 0. The average molecular weight is 339 g/mol. The van der Waals surface area contributed by atoms with Gasteiger partial charge in [-0.05, 0) is 68.4 Å². The van der Waals surface area contributed by atoms with E-state index in [0.29, 0.717) is 6.04 Å². The first-order valence-electron chi connectivity index (χ1n) is 8.74. The van der Waals surface area contributed by atoms with Gasteiger partial charge in [-0.1, -0.05) is 48.5 Å². The lowest BCUT2D eigenvalue weighted by Crippen LogP contribution is -2.42. The fraction of sp³-hybridized carbons (Fsp3) is 0.381. The van der Waals surface area contributed by atoms with Gasteiger partial charge in [0.15, 0.2) is 5.11 Å². The Hall–Kier alpha value is -1.87. The molecule has 0 heterocycles. The number of benzene rings is 2. The fourth-order valence-electron chi connectivity index (χ4n) is 3.20. The second-order valence-corrected chi connectivity index (χ2v) is 7.28. The Bertz CT molecular complexity index is 687. The summed E-state index contributed by atoms with van der Waals surface area (Å²) in [4.78, 5) is 2.36. The Kier molecular flexibility index (Phi) is 5.20. The molecule has 2 nitrogen and oxygen atoms in total. The monoisotopic (exact) mass is 338 g/mol. The van der Waals surface area contributed by atoms with Gasteiger partial charge in [0.2, 0.25) is 0 Å². The third-order valence-corrected chi connectivity index (χ3v) is 5.30. The van der Waals surface area contributed by atoms with Crippen LogP contribution in [0.3, 0.4) is 0 Å². The van der Waals surface area contributed by atoms with Gasteiger partial charge in [0.25, 0.3) is 0 Å². The second kappa shape index (κ2) is 7.35. The third-order valence-electron chi connectivity index (χ3n) is 4.97. The second-order valence-electron chi connectivity index (χ2n) is 6.89. The Labute approximate surface area is 150 Å². The standard InChI is InChI=1S/C21H26N2S/c1-15-8-7-9-16(2)20(15)22-21(24)23(17(3)19-12-13-19)14-18-10-5-4-6-11-18/h4-11,17,19H,12-14H2,1-3H3,(H,22,24). The van der Waals surface area contributed by atoms with E-state index >= 15 is 0 Å². The van der Waals surface area contributed by atoms with Gasteiger partial charge < -0.3 is 10.2 Å². The zero-order valence-electron chi connectivity index (χ0n) is 14.8. The lowest BCUT2D eigenvalue weighted by molar-refractivity contribution is 0.298. The molecule has 0 bridgehead atoms. The van der Waals surface area contributed by atoms with Crippen molar-refractivity contribution in [2.24, 2.45) is 5.92 Å². The molecule has 0 spiro atoms. The normalized spacial score (nSPS) is 15.0. The number of para-hydroxylation sites is 1. The summed E-state index contributed by atoms with van der Waals surface area (Å²) in [6, 6.07) is 17.4. The van der Waals surface area contributed by atoms with Crippen LogP contribution in [0.5, 0.6) is 0 Å². The molecule has 3 heteroatoms. The van der Waals surface area contributed by atoms with E-state index in [4.69, 9.17) is 12.2 Å². The number of hydrogen-bond donors (Lipinski definition) is 1. The summed E-state index contributed by atoms with van der Waals surface area (Å²) in [5.74, 6) is 0.770. The van der Waals surface area contributed by atoms with Crippen LogP contribution in [0.2, 0.25) is 0 Å². The van der Waals surface area contributed by atoms with Gasteiger partial charge in [-0.25, -0.2) is 0 Å². The zero-order valence-corrected chi connectivity index (χ0v) is 15.6. The molecule has 1 aliphatic rings. The van der Waals surface area contributed by atoms with Crippen molar-refractivity contribution in [3.05, 3.63) is 65.2 Å². The molecule has 1 unspecified atom stereocenters. The molecule has 24 heavy (non-hydrogen) atoms. The number of nitrogens with one attached hydrogen (secondary N) is 1. The minimum Gasteiger partial charge on any atom is -0.342 e. The SMILES string of the molecule is Cc1cccc(C)c1NC(=S)N(Cc1ccccc1)C(C)C1CC1. The molecule has 2 aromatic rings. The summed E-state index contributed by atoms with van der Waals surface area (Å²) in [6.07, 6.45) is 2.64. The Morgan fingerprint density at radius 1 is 1.08 bits per heavy atom. The molecule has 3 rings (SSSR count). The predicted octanol–water partition coefficient (Wildman–Crippen LogP) is 5.30. The Morgan fingerprint density at radius 2 is 1.71 bits per heavy atom. The predicted molar refractivity (Wildman–Crippen MR) is 106 cm³/mol. The van der Waals surface area contributed by atoms with Crippen molar-refractivity contribution in [1.82, 2.24) is 4.90 Å². The maximum absolute atomic E-state index is 5.81. The molecule has 1 saturated carbocycles. The lowest BCUT2D eigenvalue weighted by Gasteiger charge is -2.33. The molecule has 0 aliphatic heterocycles. The quantitative estimate of drug-likeness (QED) is 0.745. The molecule has 1 N–H and O–H groups in total. The van der Waals surface area contributed by atoms with Gasteiger partial charge >= 0.3 is 0 Å². The summed E-state index contributed by atoms with van der Waals surface area (Å²) in [5, 5.41) is 4.35. The van der Waals surface area contributed by atoms with Crippen molar-refractivity contribution in [3.8, 4) is 0 Å². The molecular weight excluding hydrogens is 312 g/mol. The van der Waals surface area contributed by atoms with E-state index < -0.39 is 0 Å². The van der Waals surface area contributed by atoms with E-state index in [1.54, 1.807) is 0 Å². The minimum atomic E-state index is 0.467. The maximum atomic E-state index is 5.81. The van der Waals surface area contributed by atoms with Crippen molar-refractivity contribution < 1.29 is 0 Å². The van der Waals surface area contributed by atoms with Crippen molar-refractivity contribution in [2.75, 3.05) is 5.32 Å². The van der Waals surface area contributed by atoms with Crippen LogP contribution < -0.4 is 5.32 Å². The highest BCUT2D eigenvalue weighted by atomic mass is 32.1. The Morgan fingerprint density at radius 3 is 2.29 bits per heavy atom. The first-order chi connectivity index (χ1) is 11.6. The summed E-state index contributed by atoms with van der Waals surface area (Å²) in [6.45, 7) is 7.42. The number of hydrogen-bond acceptors (Lipinski definition) is 1. The molecule has 0 amide bonds. The number of aryl methyl sites for hydroxylation is 2. The Balaban J connectivity index is 1.80. The van der Waals surface area contributed by atoms with Crippen molar-refractivity contribution in [1.29, 1.82) is 0 Å². The van der Waals surface area contributed by atoms with E-state index in [1.165, 1.54) is 29.5 Å². The zero-order chi connectivity index (χ0) is 17.1. The molecule has 0 saturated heterocycles. The summed E-state index contributed by atoms with van der Waals surface area (Å²) >= 11 is 5.81. The van der Waals surface area contributed by atoms with E-state index in [2.05, 4.69) is 79.5 Å². The summed E-state index contributed by atoms with van der Waals surface area (Å²) in [7, 11) is 0. The van der Waals surface area contributed by atoms with E-state index in [1.807, 2.05) is 0 Å². The van der Waals surface area contributed by atoms with Gasteiger partial charge in [-0.2, -0.15) is 0 Å². The topological polar surface area (TPSA) is 15.3 Å². The molecular formula is C21H26N2S. The van der Waals surface area contributed by atoms with Crippen LogP contribution in [0.1, 0.15) is 36.5 Å². The highest BCUT2D eigenvalue weighted by molar-refractivity contribution is 7.80. The van der Waals surface area contributed by atoms with Gasteiger partial charge in [-0.15, -0.1) is 0 Å². The van der Waals surface area contributed by atoms with E-state index in [0.717, 1.165) is 23.3 Å². The molecule has 1 fully saturated rings. The van der Waals surface area contributed by atoms with E-state index in [9.17, 15) is 0 Å². The number of rotatable bonds is 5. The highest BCUT2D eigenvalue weighted by Crippen LogP contribution is 2.36. The molecule has 126 valence electrons. The smallest absolute Gasteiger partial charge is 0.173 e. The number of thiocarbonyl (C=S) groups is 1. The van der Waals surface area contributed by atoms with Crippen LogP contribution in [0.25, 0.3) is 0 Å². The third kappa shape index (κ3) is 3.96. The van der Waals surface area contributed by atoms with Crippen LogP contribution in [0.4, 0.5) is 5.69 Å². The first kappa shape index (κ1) is 17.0. The van der Waals surface area contributed by atoms with Crippen LogP contribution >= 0.6 is 12.2 Å². The molecule has 0 aromatic heterocycles. The van der Waals surface area contributed by atoms with E-state index in [-0.39, 0.29) is 0 Å². The van der Waals surface area contributed by atoms with Gasteiger partial charge in [0.05, 0.1) is 0 Å². The van der Waals surface area contributed by atoms with Crippen LogP contribution in [-0.2, 0) is 6.54 Å². The van der Waals surface area contributed by atoms with Crippen molar-refractivity contribution >= 4 is 23.0 Å². The largest absolute Gasteiger partial charge is 0.342 e. The number of nitrogens with zero attached hydrogens (tertiary/aromatic N) is 1. The fourth-order valence-corrected chi connectivity index (χ4v) is 3.54. The van der Waals surface area contributed by atoms with Gasteiger partial charge in [0.1, 0.15) is 0 Å². The highest BCUT2D eigenvalue weighted by Gasteiger charge is 2.33. The van der Waals surface area contributed by atoms with Gasteiger partial charge in [0, 0.05) is 18.3 Å². The maximum Gasteiger partial charge on any atom is 0.173 e. The van der Waals surface area contributed by atoms with Crippen LogP contribution in [0, 0.1) is 19.8 Å².